The molecule has 3 aromatic carbocycles. The Bertz CT molecular complexity index is 1470. The van der Waals surface area contributed by atoms with Gasteiger partial charge in [0.05, 0.1) is 41.3 Å². The Morgan fingerprint density at radius 3 is 2.26 bits per heavy atom. The van der Waals surface area contributed by atoms with Gasteiger partial charge in [-0.3, -0.25) is 13.6 Å². The van der Waals surface area contributed by atoms with Crippen LogP contribution in [0, 0.1) is 0 Å². The van der Waals surface area contributed by atoms with Crippen molar-refractivity contribution in [3.63, 3.8) is 0 Å². The molecule has 39 heavy (non-hydrogen) atoms. The molecule has 202 valence electrons. The van der Waals surface area contributed by atoms with Crippen LogP contribution in [0.5, 0.6) is 5.75 Å². The second kappa shape index (κ2) is 13.0. The van der Waals surface area contributed by atoms with Crippen LogP contribution >= 0.6 is 0 Å². The number of anilines is 1. The van der Waals surface area contributed by atoms with Crippen LogP contribution in [0.15, 0.2) is 78.0 Å². The molecule has 1 atom stereocenters. The number of carboxylic acid groups (broad SMARTS) is 1. The van der Waals surface area contributed by atoms with E-state index in [-0.39, 0.29) is 11.1 Å². The van der Waals surface area contributed by atoms with Gasteiger partial charge in [0.25, 0.3) is 5.91 Å². The third-order valence-corrected chi connectivity index (χ3v) is 7.47. The van der Waals surface area contributed by atoms with Crippen molar-refractivity contribution >= 4 is 28.4 Å². The molecule has 0 spiro atoms. The van der Waals surface area contributed by atoms with E-state index in [0.717, 1.165) is 42.0 Å². The van der Waals surface area contributed by atoms with Gasteiger partial charge in [0.2, 0.25) is 5.16 Å². The number of aryl methyl sites for hydroxylation is 1. The molecule has 4 rings (SSSR count). The van der Waals surface area contributed by atoms with E-state index in [1.54, 1.807) is 31.4 Å². The minimum Gasteiger partial charge on any atom is -0.497 e. The van der Waals surface area contributed by atoms with Crippen LogP contribution in [0.25, 0.3) is 0 Å². The Morgan fingerprint density at radius 1 is 0.949 bits per heavy atom. The lowest BCUT2D eigenvalue weighted by Gasteiger charge is -2.12. The molecule has 4 aromatic rings. The lowest BCUT2D eigenvalue weighted by molar-refractivity contribution is 0.0692. The summed E-state index contributed by atoms with van der Waals surface area (Å²) in [5.74, 6) is 0.151. The van der Waals surface area contributed by atoms with Gasteiger partial charge in [0.1, 0.15) is 11.6 Å². The molecule has 0 fully saturated rings. The molecule has 1 unspecified atom stereocenters. The number of carbonyl (C=O) groups is 2. The fraction of sp³-hybridized carbons (Fsp3) is 0.241. The van der Waals surface area contributed by atoms with Gasteiger partial charge in [-0.25, -0.2) is 4.79 Å². The molecule has 1 heterocycles. The highest BCUT2D eigenvalue weighted by atomic mass is 32.2. The van der Waals surface area contributed by atoms with E-state index in [0.29, 0.717) is 23.1 Å². The number of rotatable bonds is 12. The van der Waals surface area contributed by atoms with Gasteiger partial charge in [-0.1, -0.05) is 49.7 Å². The molecule has 0 aliphatic heterocycles. The van der Waals surface area contributed by atoms with Gasteiger partial charge in [0, 0.05) is 12.1 Å². The van der Waals surface area contributed by atoms with Crippen LogP contribution in [0.4, 0.5) is 5.69 Å². The van der Waals surface area contributed by atoms with Crippen molar-refractivity contribution in [3.8, 4) is 5.75 Å². The van der Waals surface area contributed by atoms with Crippen LogP contribution in [0.2, 0.25) is 0 Å². The molecule has 1 aromatic heterocycles. The summed E-state index contributed by atoms with van der Waals surface area (Å²) < 4.78 is 20.4. The summed E-state index contributed by atoms with van der Waals surface area (Å²) in [5, 5.41) is 21.2. The predicted octanol–water partition coefficient (Wildman–Crippen LogP) is 4.94. The van der Waals surface area contributed by atoms with Gasteiger partial charge in [-0.2, -0.15) is 0 Å². The zero-order valence-corrected chi connectivity index (χ0v) is 22.6. The van der Waals surface area contributed by atoms with Gasteiger partial charge < -0.3 is 15.2 Å². The summed E-state index contributed by atoms with van der Waals surface area (Å²) >= 11 is 0. The summed E-state index contributed by atoms with van der Waals surface area (Å²) in [6.07, 6.45) is 2.66. The number of aromatic nitrogens is 3. The first-order valence-electron chi connectivity index (χ1n) is 12.6. The zero-order valence-electron chi connectivity index (χ0n) is 21.8. The van der Waals surface area contributed by atoms with Crippen molar-refractivity contribution in [1.82, 2.24) is 14.8 Å². The lowest BCUT2D eigenvalue weighted by Crippen LogP contribution is -2.16. The minimum atomic E-state index is -1.41. The number of aromatic carboxylic acids is 1. The number of unbranched alkanes of at least 4 members (excludes halogenated alkanes) is 1. The molecule has 10 heteroatoms. The van der Waals surface area contributed by atoms with E-state index in [9.17, 15) is 18.9 Å². The number of hydrogen-bond donors (Lipinski definition) is 2. The van der Waals surface area contributed by atoms with Crippen LogP contribution in [-0.2, 0) is 29.5 Å². The van der Waals surface area contributed by atoms with Crippen LogP contribution in [0.1, 0.15) is 57.4 Å². The number of methoxy groups -OCH3 is 1. The number of benzene rings is 3. The first-order chi connectivity index (χ1) is 18.9. The molecule has 0 radical (unpaired) electrons. The topological polar surface area (TPSA) is 123 Å². The standard InChI is InChI=1S/C29H30N4O5S/c1-3-4-9-26-31-32-29(39(37)19-21-12-16-23(38-2)17-13-21)33(26)18-20-10-14-22(15-11-20)30-27(34)24-7-5-6-8-25(24)28(35)36/h5-8,10-17H,3-4,9,18-19H2,1-2H3,(H,30,34)(H,35,36). The Hall–Kier alpha value is -4.31. The maximum atomic E-state index is 13.3. The quantitative estimate of drug-likeness (QED) is 0.258. The molecular formula is C29H30N4O5S. The second-order valence-electron chi connectivity index (χ2n) is 8.93. The average molecular weight is 547 g/mol. The number of carbonyl (C=O) groups excluding carboxylic acids is 1. The first-order valence-corrected chi connectivity index (χ1v) is 13.9. The third kappa shape index (κ3) is 6.97. The largest absolute Gasteiger partial charge is 0.497 e. The third-order valence-electron chi connectivity index (χ3n) is 6.16. The highest BCUT2D eigenvalue weighted by Gasteiger charge is 2.19. The Kier molecular flexibility index (Phi) is 9.22. The number of ether oxygens (including phenoxy) is 1. The highest BCUT2D eigenvalue weighted by molar-refractivity contribution is 7.84. The normalized spacial score (nSPS) is 11.6. The SMILES string of the molecule is CCCCc1nnc(S(=O)Cc2ccc(OC)cc2)n1Cc1ccc(NC(=O)c2ccccc2C(=O)O)cc1. The van der Waals surface area contributed by atoms with Gasteiger partial charge in [0.15, 0.2) is 0 Å². The van der Waals surface area contributed by atoms with Gasteiger partial charge in [-0.05, 0) is 53.9 Å². The molecule has 0 bridgehead atoms. The van der Waals surface area contributed by atoms with Crippen molar-refractivity contribution < 1.29 is 23.6 Å². The van der Waals surface area contributed by atoms with E-state index in [2.05, 4.69) is 22.4 Å². The van der Waals surface area contributed by atoms with E-state index in [1.165, 1.54) is 12.1 Å². The molecule has 0 saturated heterocycles. The molecule has 9 nitrogen and oxygen atoms in total. The van der Waals surface area contributed by atoms with Crippen molar-refractivity contribution in [3.05, 3.63) is 101 Å². The Morgan fingerprint density at radius 2 is 1.62 bits per heavy atom. The number of nitrogens with zero attached hydrogens (tertiary/aromatic N) is 3. The Balaban J connectivity index is 1.51. The summed E-state index contributed by atoms with van der Waals surface area (Å²) in [4.78, 5) is 24.1. The van der Waals surface area contributed by atoms with Crippen molar-refractivity contribution in [2.24, 2.45) is 0 Å². The van der Waals surface area contributed by atoms with E-state index in [4.69, 9.17) is 4.74 Å². The Labute approximate surface area is 229 Å². The number of hydrogen-bond acceptors (Lipinski definition) is 6. The van der Waals surface area contributed by atoms with E-state index in [1.807, 2.05) is 41.0 Å². The number of amides is 1. The number of carboxylic acids is 1. The summed E-state index contributed by atoms with van der Waals surface area (Å²) in [6.45, 7) is 2.52. The summed E-state index contributed by atoms with van der Waals surface area (Å²) in [5.41, 5.74) is 2.38. The maximum absolute atomic E-state index is 13.3. The van der Waals surface area contributed by atoms with E-state index >= 15 is 0 Å². The van der Waals surface area contributed by atoms with Crippen LogP contribution in [0.3, 0.4) is 0 Å². The molecular weight excluding hydrogens is 516 g/mol. The fourth-order valence-electron chi connectivity index (χ4n) is 4.05. The molecule has 0 aliphatic carbocycles. The van der Waals surface area contributed by atoms with Gasteiger partial charge >= 0.3 is 5.97 Å². The van der Waals surface area contributed by atoms with E-state index < -0.39 is 22.7 Å². The van der Waals surface area contributed by atoms with Crippen molar-refractivity contribution in [1.29, 1.82) is 0 Å². The maximum Gasteiger partial charge on any atom is 0.336 e. The summed E-state index contributed by atoms with van der Waals surface area (Å²) in [6, 6.07) is 20.7. The first kappa shape index (κ1) is 27.7. The average Bonchev–Trinajstić information content (AvgIpc) is 3.35. The molecule has 0 saturated carbocycles. The lowest BCUT2D eigenvalue weighted by atomic mass is 10.1. The predicted molar refractivity (Wildman–Crippen MR) is 149 cm³/mol. The monoisotopic (exact) mass is 546 g/mol. The highest BCUT2D eigenvalue weighted by Crippen LogP contribution is 2.20. The van der Waals surface area contributed by atoms with Gasteiger partial charge in [-0.15, -0.1) is 10.2 Å². The fourth-order valence-corrected chi connectivity index (χ4v) is 5.22. The van der Waals surface area contributed by atoms with Crippen molar-refractivity contribution in [2.75, 3.05) is 12.4 Å². The molecule has 2 N–H and O–H groups in total. The minimum absolute atomic E-state index is 0.0611. The summed E-state index contributed by atoms with van der Waals surface area (Å²) in [7, 11) is 0.195. The zero-order chi connectivity index (χ0) is 27.8. The second-order valence-corrected chi connectivity index (χ2v) is 10.3. The van der Waals surface area contributed by atoms with Crippen LogP contribution in [-0.4, -0.2) is 43.1 Å². The molecule has 1 amide bonds. The smallest absolute Gasteiger partial charge is 0.336 e. The molecule has 0 aliphatic rings. The van der Waals surface area contributed by atoms with Crippen LogP contribution < -0.4 is 10.1 Å². The van der Waals surface area contributed by atoms with Crippen molar-refractivity contribution in [2.45, 2.75) is 43.6 Å². The number of nitrogens with one attached hydrogen (secondary N) is 1.